The van der Waals surface area contributed by atoms with Gasteiger partial charge in [-0.1, -0.05) is 18.2 Å². The number of nitrogens with zero attached hydrogens (tertiary/aromatic N) is 2. The molecule has 0 bridgehead atoms. The Hall–Kier alpha value is -1.36. The summed E-state index contributed by atoms with van der Waals surface area (Å²) in [6, 6.07) is 10.2. The molecular formula is C14H19N3O. The summed E-state index contributed by atoms with van der Waals surface area (Å²) in [6.07, 6.45) is -0.522. The molecule has 1 atom stereocenters. The summed E-state index contributed by atoms with van der Waals surface area (Å²) in [7, 11) is 2.12. The van der Waals surface area contributed by atoms with Gasteiger partial charge < -0.3 is 15.0 Å². The first kappa shape index (κ1) is 11.7. The Morgan fingerprint density at radius 1 is 1.17 bits per heavy atom. The first-order valence-corrected chi connectivity index (χ1v) is 6.42. The van der Waals surface area contributed by atoms with Crippen LogP contribution in [0.5, 0.6) is 0 Å². The van der Waals surface area contributed by atoms with Crippen LogP contribution >= 0.6 is 0 Å². The number of piperazine rings is 1. The molecule has 96 valence electrons. The second-order valence-electron chi connectivity index (χ2n) is 5.02. The van der Waals surface area contributed by atoms with Crippen molar-refractivity contribution in [3.05, 3.63) is 36.0 Å². The highest BCUT2D eigenvalue weighted by Crippen LogP contribution is 2.23. The zero-order chi connectivity index (χ0) is 12.5. The zero-order valence-electron chi connectivity index (χ0n) is 10.6. The van der Waals surface area contributed by atoms with Crippen molar-refractivity contribution >= 4 is 10.9 Å². The summed E-state index contributed by atoms with van der Waals surface area (Å²) in [5.74, 6) is 0. The Labute approximate surface area is 107 Å². The fourth-order valence-corrected chi connectivity index (χ4v) is 2.50. The van der Waals surface area contributed by atoms with Crippen molar-refractivity contribution < 1.29 is 5.11 Å². The SMILES string of the molecule is CN1CCN(C(O)c2cc3ccccc3[nH]2)CC1. The van der Waals surface area contributed by atoms with E-state index in [-0.39, 0.29) is 0 Å². The van der Waals surface area contributed by atoms with Crippen molar-refractivity contribution in [3.8, 4) is 0 Å². The minimum absolute atomic E-state index is 0.522. The van der Waals surface area contributed by atoms with Gasteiger partial charge in [-0.25, -0.2) is 0 Å². The average molecular weight is 245 g/mol. The lowest BCUT2D eigenvalue weighted by molar-refractivity contribution is -0.0254. The van der Waals surface area contributed by atoms with Crippen LogP contribution in [-0.4, -0.2) is 53.1 Å². The molecule has 18 heavy (non-hydrogen) atoms. The summed E-state index contributed by atoms with van der Waals surface area (Å²) in [6.45, 7) is 3.84. The molecule has 0 amide bonds. The van der Waals surface area contributed by atoms with Crippen LogP contribution in [0.15, 0.2) is 30.3 Å². The van der Waals surface area contributed by atoms with E-state index in [0.29, 0.717) is 0 Å². The maximum absolute atomic E-state index is 10.4. The third-order valence-corrected chi connectivity index (χ3v) is 3.71. The number of aliphatic hydroxyl groups is 1. The molecule has 2 heterocycles. The van der Waals surface area contributed by atoms with Crippen molar-refractivity contribution in [1.29, 1.82) is 0 Å². The first-order valence-electron chi connectivity index (χ1n) is 6.42. The van der Waals surface area contributed by atoms with Crippen LogP contribution in [0.25, 0.3) is 10.9 Å². The van der Waals surface area contributed by atoms with Crippen LogP contribution in [0.1, 0.15) is 11.9 Å². The molecule has 0 spiro atoms. The molecule has 0 aliphatic carbocycles. The predicted molar refractivity (Wildman–Crippen MR) is 72.3 cm³/mol. The van der Waals surface area contributed by atoms with Gasteiger partial charge in [0.05, 0.1) is 5.69 Å². The van der Waals surface area contributed by atoms with Crippen molar-refractivity contribution in [3.63, 3.8) is 0 Å². The quantitative estimate of drug-likeness (QED) is 0.840. The van der Waals surface area contributed by atoms with Gasteiger partial charge in [-0.05, 0) is 24.6 Å². The van der Waals surface area contributed by atoms with Gasteiger partial charge in [0.15, 0.2) is 0 Å². The topological polar surface area (TPSA) is 42.5 Å². The average Bonchev–Trinajstić information content (AvgIpc) is 2.82. The van der Waals surface area contributed by atoms with Crippen LogP contribution in [0, 0.1) is 0 Å². The fraction of sp³-hybridized carbons (Fsp3) is 0.429. The summed E-state index contributed by atoms with van der Waals surface area (Å²) >= 11 is 0. The maximum Gasteiger partial charge on any atom is 0.148 e. The monoisotopic (exact) mass is 245 g/mol. The number of aromatic nitrogens is 1. The predicted octanol–water partition coefficient (Wildman–Crippen LogP) is 1.41. The van der Waals surface area contributed by atoms with Crippen molar-refractivity contribution in [1.82, 2.24) is 14.8 Å². The molecule has 1 aliphatic rings. The van der Waals surface area contributed by atoms with E-state index in [9.17, 15) is 5.11 Å². The van der Waals surface area contributed by atoms with Gasteiger partial charge in [0.25, 0.3) is 0 Å². The van der Waals surface area contributed by atoms with E-state index in [0.717, 1.165) is 42.8 Å². The number of hydrogen-bond donors (Lipinski definition) is 2. The Balaban J connectivity index is 1.81. The highest BCUT2D eigenvalue weighted by molar-refractivity contribution is 5.80. The standard InChI is InChI=1S/C14H19N3O/c1-16-6-8-17(9-7-16)14(18)13-10-11-4-2-3-5-12(11)15-13/h2-5,10,14-15,18H,6-9H2,1H3. The fourth-order valence-electron chi connectivity index (χ4n) is 2.50. The number of para-hydroxylation sites is 1. The number of aliphatic hydroxyl groups excluding tert-OH is 1. The van der Waals surface area contributed by atoms with Gasteiger partial charge >= 0.3 is 0 Å². The molecule has 3 rings (SSSR count). The van der Waals surface area contributed by atoms with Gasteiger partial charge in [-0.3, -0.25) is 4.90 Å². The molecule has 1 fully saturated rings. The number of nitrogens with one attached hydrogen (secondary N) is 1. The van der Waals surface area contributed by atoms with E-state index in [1.807, 2.05) is 24.3 Å². The minimum atomic E-state index is -0.522. The second kappa shape index (κ2) is 4.72. The summed E-state index contributed by atoms with van der Waals surface area (Å²) in [5, 5.41) is 11.6. The van der Waals surface area contributed by atoms with Crippen LogP contribution < -0.4 is 0 Å². The smallest absolute Gasteiger partial charge is 0.148 e. The third-order valence-electron chi connectivity index (χ3n) is 3.71. The van der Waals surface area contributed by atoms with E-state index < -0.39 is 6.23 Å². The lowest BCUT2D eigenvalue weighted by Gasteiger charge is -2.35. The highest BCUT2D eigenvalue weighted by atomic mass is 16.3. The molecule has 4 heteroatoms. The molecule has 1 aliphatic heterocycles. The molecule has 2 aromatic rings. The van der Waals surface area contributed by atoms with E-state index in [1.165, 1.54) is 0 Å². The molecule has 1 unspecified atom stereocenters. The van der Waals surface area contributed by atoms with E-state index >= 15 is 0 Å². The Bertz CT molecular complexity index is 496. The molecule has 0 saturated carbocycles. The van der Waals surface area contributed by atoms with E-state index in [1.54, 1.807) is 0 Å². The number of H-pyrrole nitrogens is 1. The van der Waals surface area contributed by atoms with Crippen LogP contribution in [0.3, 0.4) is 0 Å². The number of fused-ring (bicyclic) bond motifs is 1. The molecular weight excluding hydrogens is 226 g/mol. The molecule has 2 N–H and O–H groups in total. The maximum atomic E-state index is 10.4. The first-order chi connectivity index (χ1) is 8.74. The van der Waals surface area contributed by atoms with Gasteiger partial charge in [-0.15, -0.1) is 0 Å². The van der Waals surface area contributed by atoms with Crippen LogP contribution in [0.2, 0.25) is 0 Å². The molecule has 1 saturated heterocycles. The summed E-state index contributed by atoms with van der Waals surface area (Å²) in [4.78, 5) is 7.70. The lowest BCUT2D eigenvalue weighted by Crippen LogP contribution is -2.46. The Kier molecular flexibility index (Phi) is 3.07. The number of hydrogen-bond acceptors (Lipinski definition) is 3. The Morgan fingerprint density at radius 2 is 1.89 bits per heavy atom. The largest absolute Gasteiger partial charge is 0.373 e. The van der Waals surface area contributed by atoms with Crippen molar-refractivity contribution in [2.75, 3.05) is 33.2 Å². The zero-order valence-corrected chi connectivity index (χ0v) is 10.6. The van der Waals surface area contributed by atoms with Crippen molar-refractivity contribution in [2.24, 2.45) is 0 Å². The van der Waals surface area contributed by atoms with Gasteiger partial charge in [-0.2, -0.15) is 0 Å². The van der Waals surface area contributed by atoms with Gasteiger partial charge in [0.2, 0.25) is 0 Å². The van der Waals surface area contributed by atoms with E-state index in [4.69, 9.17) is 0 Å². The highest BCUT2D eigenvalue weighted by Gasteiger charge is 2.22. The lowest BCUT2D eigenvalue weighted by atomic mass is 10.2. The number of likely N-dealkylation sites (N-methyl/N-ethyl adjacent to an activating group) is 1. The third kappa shape index (κ3) is 2.14. The van der Waals surface area contributed by atoms with E-state index in [2.05, 4.69) is 27.9 Å². The van der Waals surface area contributed by atoms with Crippen LogP contribution in [-0.2, 0) is 0 Å². The summed E-state index contributed by atoms with van der Waals surface area (Å²) < 4.78 is 0. The molecule has 1 aromatic carbocycles. The van der Waals surface area contributed by atoms with Gasteiger partial charge in [0, 0.05) is 31.7 Å². The number of benzene rings is 1. The number of aromatic amines is 1. The molecule has 0 radical (unpaired) electrons. The van der Waals surface area contributed by atoms with Crippen LogP contribution in [0.4, 0.5) is 0 Å². The second-order valence-corrected chi connectivity index (χ2v) is 5.02. The van der Waals surface area contributed by atoms with Crippen molar-refractivity contribution in [2.45, 2.75) is 6.23 Å². The minimum Gasteiger partial charge on any atom is -0.373 e. The number of rotatable bonds is 2. The van der Waals surface area contributed by atoms with Gasteiger partial charge in [0.1, 0.15) is 6.23 Å². The molecule has 1 aromatic heterocycles. The Morgan fingerprint density at radius 3 is 2.61 bits per heavy atom. The molecule has 4 nitrogen and oxygen atoms in total. The summed E-state index contributed by atoms with van der Waals surface area (Å²) in [5.41, 5.74) is 1.97. The normalized spacial score (nSPS) is 20.3.